The molecule has 0 saturated carbocycles. The molecular weight excluding hydrogens is 521 g/mol. The maximum atomic E-state index is 13.7. The van der Waals surface area contributed by atoms with Crippen LogP contribution in [0, 0.1) is 5.82 Å². The Morgan fingerprint density at radius 1 is 1.03 bits per heavy atom. The molecule has 0 spiro atoms. The molecule has 37 heavy (non-hydrogen) atoms. The molecule has 2 amide bonds. The number of sulfonamides is 1. The zero-order valence-corrected chi connectivity index (χ0v) is 22.1. The Balaban J connectivity index is 2.03. The van der Waals surface area contributed by atoms with E-state index in [9.17, 15) is 22.4 Å². The molecule has 0 bridgehead atoms. The van der Waals surface area contributed by atoms with E-state index in [1.807, 2.05) is 0 Å². The third-order valence-electron chi connectivity index (χ3n) is 5.75. The summed E-state index contributed by atoms with van der Waals surface area (Å²) in [6.07, 6.45) is 0. The lowest BCUT2D eigenvalue weighted by atomic mass is 10.1. The number of carbonyl (C=O) groups excluding carboxylic acids is 2. The highest BCUT2D eigenvalue weighted by Crippen LogP contribution is 2.26. The normalized spacial score (nSPS) is 11.9. The number of nitrogens with zero attached hydrogens (tertiary/aromatic N) is 2. The van der Waals surface area contributed by atoms with E-state index in [1.54, 1.807) is 24.3 Å². The van der Waals surface area contributed by atoms with Crippen LogP contribution in [0.2, 0.25) is 5.02 Å². The minimum Gasteiger partial charge on any atom is -0.497 e. The Hall–Kier alpha value is -3.63. The average Bonchev–Trinajstić information content (AvgIpc) is 2.90. The van der Waals surface area contributed by atoms with E-state index in [-0.39, 0.29) is 17.1 Å². The summed E-state index contributed by atoms with van der Waals surface area (Å²) in [6, 6.07) is 16.3. The number of nitrogens with one attached hydrogen (secondary N) is 1. The van der Waals surface area contributed by atoms with Gasteiger partial charge in [0.1, 0.15) is 24.2 Å². The monoisotopic (exact) mass is 547 g/mol. The fourth-order valence-electron chi connectivity index (χ4n) is 3.61. The van der Waals surface area contributed by atoms with Gasteiger partial charge in [-0.1, -0.05) is 29.8 Å². The second kappa shape index (κ2) is 12.1. The predicted octanol–water partition coefficient (Wildman–Crippen LogP) is 3.85. The second-order valence-electron chi connectivity index (χ2n) is 8.07. The van der Waals surface area contributed by atoms with E-state index in [0.29, 0.717) is 16.3 Å². The van der Waals surface area contributed by atoms with Gasteiger partial charge in [0.2, 0.25) is 11.8 Å². The SMILES string of the molecule is CNC(=O)[C@@H](C)N(Cc1ccccc1Cl)C(=O)CN(c1ccc(F)cc1)S(=O)(=O)c1ccc(OC)cc1. The van der Waals surface area contributed by atoms with Crippen molar-refractivity contribution in [2.45, 2.75) is 24.4 Å². The Morgan fingerprint density at radius 2 is 1.65 bits per heavy atom. The first kappa shape index (κ1) is 27.9. The van der Waals surface area contributed by atoms with Crippen LogP contribution in [0.3, 0.4) is 0 Å². The third kappa shape index (κ3) is 6.58. The number of rotatable bonds is 10. The molecule has 0 heterocycles. The van der Waals surface area contributed by atoms with Crippen LogP contribution in [0.5, 0.6) is 5.75 Å². The highest BCUT2D eigenvalue weighted by Gasteiger charge is 2.32. The quantitative estimate of drug-likeness (QED) is 0.416. The molecule has 1 N–H and O–H groups in total. The summed E-state index contributed by atoms with van der Waals surface area (Å²) in [7, 11) is -1.38. The summed E-state index contributed by atoms with van der Waals surface area (Å²) in [4.78, 5) is 27.3. The number of ether oxygens (including phenoxy) is 1. The first-order chi connectivity index (χ1) is 17.6. The van der Waals surface area contributed by atoms with E-state index in [2.05, 4.69) is 5.32 Å². The van der Waals surface area contributed by atoms with Crippen molar-refractivity contribution in [1.82, 2.24) is 10.2 Å². The molecular formula is C26H27ClFN3O5S. The molecule has 0 aromatic heterocycles. The van der Waals surface area contributed by atoms with Gasteiger partial charge in [0.05, 0.1) is 17.7 Å². The van der Waals surface area contributed by atoms with Gasteiger partial charge in [-0.3, -0.25) is 13.9 Å². The highest BCUT2D eigenvalue weighted by molar-refractivity contribution is 7.92. The molecule has 0 fully saturated rings. The lowest BCUT2D eigenvalue weighted by Crippen LogP contribution is -2.50. The Kier molecular flexibility index (Phi) is 9.12. The summed E-state index contributed by atoms with van der Waals surface area (Å²) < 4.78 is 47.0. The van der Waals surface area contributed by atoms with Crippen molar-refractivity contribution in [2.75, 3.05) is 25.0 Å². The first-order valence-corrected chi connectivity index (χ1v) is 13.1. The topological polar surface area (TPSA) is 96.0 Å². The largest absolute Gasteiger partial charge is 0.497 e. The Labute approximate surface area is 220 Å². The first-order valence-electron chi connectivity index (χ1n) is 11.2. The van der Waals surface area contributed by atoms with Gasteiger partial charge in [-0.15, -0.1) is 0 Å². The van der Waals surface area contributed by atoms with Crippen LogP contribution in [-0.4, -0.2) is 51.9 Å². The number of carbonyl (C=O) groups is 2. The molecule has 3 aromatic rings. The number of hydrogen-bond acceptors (Lipinski definition) is 5. The summed E-state index contributed by atoms with van der Waals surface area (Å²) in [6.45, 7) is 0.854. The lowest BCUT2D eigenvalue weighted by Gasteiger charge is -2.32. The van der Waals surface area contributed by atoms with Crippen LogP contribution < -0.4 is 14.4 Å². The van der Waals surface area contributed by atoms with Gasteiger partial charge in [-0.25, -0.2) is 12.8 Å². The van der Waals surface area contributed by atoms with Gasteiger partial charge in [0, 0.05) is 18.6 Å². The van der Waals surface area contributed by atoms with E-state index in [4.69, 9.17) is 16.3 Å². The summed E-state index contributed by atoms with van der Waals surface area (Å²) in [5.41, 5.74) is 0.662. The van der Waals surface area contributed by atoms with E-state index in [1.165, 1.54) is 62.4 Å². The Morgan fingerprint density at radius 3 is 2.22 bits per heavy atom. The smallest absolute Gasteiger partial charge is 0.264 e. The van der Waals surface area contributed by atoms with Gasteiger partial charge < -0.3 is 15.0 Å². The zero-order chi connectivity index (χ0) is 27.2. The molecule has 0 aliphatic heterocycles. The standard InChI is InChI=1S/C26H27ClFN3O5S/c1-18(26(33)29-2)30(16-19-6-4-5-7-24(19)27)25(32)17-31(21-10-8-20(28)9-11-21)37(34,35)23-14-12-22(36-3)13-15-23/h4-15,18H,16-17H2,1-3H3,(H,29,33)/t18-/m1/s1. The molecule has 0 aliphatic rings. The molecule has 0 unspecified atom stereocenters. The van der Waals surface area contributed by atoms with Crippen molar-refractivity contribution in [1.29, 1.82) is 0 Å². The van der Waals surface area contributed by atoms with Crippen molar-refractivity contribution in [3.05, 3.63) is 89.2 Å². The Bertz CT molecular complexity index is 1350. The van der Waals surface area contributed by atoms with Gasteiger partial charge in [0.15, 0.2) is 0 Å². The van der Waals surface area contributed by atoms with Crippen LogP contribution in [0.1, 0.15) is 12.5 Å². The predicted molar refractivity (Wildman–Crippen MR) is 139 cm³/mol. The molecule has 8 nitrogen and oxygen atoms in total. The highest BCUT2D eigenvalue weighted by atomic mass is 35.5. The number of halogens is 2. The number of hydrogen-bond donors (Lipinski definition) is 1. The molecule has 196 valence electrons. The molecule has 0 radical (unpaired) electrons. The fraction of sp³-hybridized carbons (Fsp3) is 0.231. The van der Waals surface area contributed by atoms with Crippen molar-refractivity contribution in [2.24, 2.45) is 0 Å². The van der Waals surface area contributed by atoms with Crippen LogP contribution in [0.25, 0.3) is 0 Å². The summed E-state index contributed by atoms with van der Waals surface area (Å²) >= 11 is 6.29. The molecule has 0 saturated heterocycles. The maximum Gasteiger partial charge on any atom is 0.264 e. The molecule has 3 rings (SSSR count). The van der Waals surface area contributed by atoms with Gasteiger partial charge in [-0.2, -0.15) is 0 Å². The van der Waals surface area contributed by atoms with E-state index >= 15 is 0 Å². The summed E-state index contributed by atoms with van der Waals surface area (Å²) in [5.74, 6) is -1.21. The molecule has 1 atom stereocenters. The molecule has 11 heteroatoms. The van der Waals surface area contributed by atoms with E-state index in [0.717, 1.165) is 16.4 Å². The van der Waals surface area contributed by atoms with Gasteiger partial charge in [-0.05, 0) is 67.1 Å². The zero-order valence-electron chi connectivity index (χ0n) is 20.5. The average molecular weight is 548 g/mol. The number of amides is 2. The van der Waals surface area contributed by atoms with E-state index < -0.39 is 40.2 Å². The number of likely N-dealkylation sites (N-methyl/N-ethyl adjacent to an activating group) is 1. The minimum absolute atomic E-state index is 0.0348. The fourth-order valence-corrected chi connectivity index (χ4v) is 5.22. The minimum atomic E-state index is -4.27. The van der Waals surface area contributed by atoms with Crippen molar-refractivity contribution in [3.8, 4) is 5.75 Å². The molecule has 0 aliphatic carbocycles. The van der Waals surface area contributed by atoms with Crippen LogP contribution >= 0.6 is 11.6 Å². The van der Waals surface area contributed by atoms with Crippen LogP contribution in [0.4, 0.5) is 10.1 Å². The number of benzene rings is 3. The van der Waals surface area contributed by atoms with Gasteiger partial charge in [0.25, 0.3) is 10.0 Å². The van der Waals surface area contributed by atoms with Crippen molar-refractivity contribution in [3.63, 3.8) is 0 Å². The summed E-state index contributed by atoms with van der Waals surface area (Å²) in [5, 5.41) is 2.90. The number of anilines is 1. The van der Waals surface area contributed by atoms with Crippen molar-refractivity contribution >= 4 is 39.1 Å². The second-order valence-corrected chi connectivity index (χ2v) is 10.3. The number of methoxy groups -OCH3 is 1. The lowest BCUT2D eigenvalue weighted by molar-refractivity contribution is -0.139. The van der Waals surface area contributed by atoms with Crippen LogP contribution in [-0.2, 0) is 26.2 Å². The van der Waals surface area contributed by atoms with Crippen LogP contribution in [0.15, 0.2) is 77.7 Å². The maximum absolute atomic E-state index is 13.7. The third-order valence-corrected chi connectivity index (χ3v) is 7.91. The molecule has 3 aromatic carbocycles. The van der Waals surface area contributed by atoms with Gasteiger partial charge >= 0.3 is 0 Å². The van der Waals surface area contributed by atoms with Crippen molar-refractivity contribution < 1.29 is 27.1 Å².